The number of aromatic nitrogens is 1. The molecular formula is C14H17N3O3. The normalized spacial score (nSPS) is 20.9. The first-order valence-electron chi connectivity index (χ1n) is 6.34. The molecule has 106 valence electrons. The molecule has 2 unspecified atom stereocenters. The quantitative estimate of drug-likeness (QED) is 0.717. The molecule has 1 amide bonds. The standard InChI is InChI=1S/C14H17N3O3/c1-7-5-11(12(13(15)18)8(2)16-7)17-10-4-3-9(6-10)14(19)20/h3-5,9-10H,6H2,1-2H3,(H2,15,18)(H,16,17)(H,19,20). The van der Waals surface area contributed by atoms with E-state index < -0.39 is 17.8 Å². The van der Waals surface area contributed by atoms with Crippen molar-refractivity contribution in [2.45, 2.75) is 26.3 Å². The van der Waals surface area contributed by atoms with Crippen LogP contribution in [0.5, 0.6) is 0 Å². The monoisotopic (exact) mass is 275 g/mol. The third kappa shape index (κ3) is 2.79. The van der Waals surface area contributed by atoms with Crippen molar-refractivity contribution in [3.8, 4) is 0 Å². The first kappa shape index (κ1) is 14.0. The van der Waals surface area contributed by atoms with E-state index in [9.17, 15) is 9.59 Å². The van der Waals surface area contributed by atoms with E-state index in [1.54, 1.807) is 25.1 Å². The van der Waals surface area contributed by atoms with Gasteiger partial charge in [-0.15, -0.1) is 0 Å². The second-order valence-electron chi connectivity index (χ2n) is 4.95. The topological polar surface area (TPSA) is 105 Å². The molecule has 2 rings (SSSR count). The van der Waals surface area contributed by atoms with E-state index in [-0.39, 0.29) is 6.04 Å². The molecule has 0 aromatic carbocycles. The summed E-state index contributed by atoms with van der Waals surface area (Å²) in [5.41, 5.74) is 7.67. The van der Waals surface area contributed by atoms with Crippen LogP contribution in [0.2, 0.25) is 0 Å². The third-order valence-electron chi connectivity index (χ3n) is 3.32. The fourth-order valence-corrected chi connectivity index (χ4v) is 2.44. The van der Waals surface area contributed by atoms with Gasteiger partial charge in [0.15, 0.2) is 0 Å². The van der Waals surface area contributed by atoms with Crippen molar-refractivity contribution < 1.29 is 14.7 Å². The minimum atomic E-state index is -0.845. The smallest absolute Gasteiger partial charge is 0.310 e. The maximum absolute atomic E-state index is 11.5. The number of primary amides is 1. The summed E-state index contributed by atoms with van der Waals surface area (Å²) in [4.78, 5) is 26.7. The molecule has 1 heterocycles. The molecule has 20 heavy (non-hydrogen) atoms. The molecule has 2 atom stereocenters. The van der Waals surface area contributed by atoms with E-state index in [4.69, 9.17) is 10.8 Å². The van der Waals surface area contributed by atoms with Crippen LogP contribution in [0, 0.1) is 19.8 Å². The Balaban J connectivity index is 2.24. The largest absolute Gasteiger partial charge is 0.481 e. The van der Waals surface area contributed by atoms with Crippen molar-refractivity contribution in [2.75, 3.05) is 5.32 Å². The number of nitrogens with two attached hydrogens (primary N) is 1. The van der Waals surface area contributed by atoms with Gasteiger partial charge in [-0.3, -0.25) is 14.6 Å². The van der Waals surface area contributed by atoms with Gasteiger partial charge in [-0.1, -0.05) is 12.2 Å². The van der Waals surface area contributed by atoms with Gasteiger partial charge in [0.25, 0.3) is 5.91 Å². The fraction of sp³-hybridized carbons (Fsp3) is 0.357. The number of carboxylic acid groups (broad SMARTS) is 1. The van der Waals surface area contributed by atoms with Crippen molar-refractivity contribution in [3.05, 3.63) is 35.2 Å². The molecule has 1 aliphatic rings. The van der Waals surface area contributed by atoms with Crippen LogP contribution in [0.1, 0.15) is 28.2 Å². The molecule has 0 fully saturated rings. The van der Waals surface area contributed by atoms with Crippen LogP contribution in [0.15, 0.2) is 18.2 Å². The lowest BCUT2D eigenvalue weighted by molar-refractivity contribution is -0.140. The molecule has 1 aromatic heterocycles. The molecule has 0 saturated carbocycles. The lowest BCUT2D eigenvalue weighted by Gasteiger charge is -2.17. The lowest BCUT2D eigenvalue weighted by Crippen LogP contribution is -2.23. The van der Waals surface area contributed by atoms with Gasteiger partial charge in [-0.05, 0) is 26.3 Å². The van der Waals surface area contributed by atoms with Crippen LogP contribution in [-0.4, -0.2) is 28.0 Å². The summed E-state index contributed by atoms with van der Waals surface area (Å²) in [6.45, 7) is 3.55. The predicted molar refractivity (Wildman–Crippen MR) is 74.5 cm³/mol. The van der Waals surface area contributed by atoms with Crippen LogP contribution in [-0.2, 0) is 4.79 Å². The Morgan fingerprint density at radius 3 is 2.65 bits per heavy atom. The summed E-state index contributed by atoms with van der Waals surface area (Å²) in [6, 6.07) is 1.62. The molecule has 0 radical (unpaired) electrons. The minimum Gasteiger partial charge on any atom is -0.481 e. The highest BCUT2D eigenvalue weighted by molar-refractivity contribution is 5.99. The number of pyridine rings is 1. The van der Waals surface area contributed by atoms with Gasteiger partial charge in [-0.2, -0.15) is 0 Å². The van der Waals surface area contributed by atoms with Crippen LogP contribution in [0.3, 0.4) is 0 Å². The molecule has 1 aliphatic carbocycles. The number of anilines is 1. The summed E-state index contributed by atoms with van der Waals surface area (Å²) in [5.74, 6) is -1.88. The highest BCUT2D eigenvalue weighted by Gasteiger charge is 2.25. The fourth-order valence-electron chi connectivity index (χ4n) is 2.44. The van der Waals surface area contributed by atoms with Gasteiger partial charge in [0.05, 0.1) is 22.9 Å². The van der Waals surface area contributed by atoms with E-state index in [0.717, 1.165) is 5.69 Å². The van der Waals surface area contributed by atoms with Crippen molar-refractivity contribution in [1.82, 2.24) is 4.98 Å². The number of nitrogens with one attached hydrogen (secondary N) is 1. The van der Waals surface area contributed by atoms with Crippen molar-refractivity contribution in [1.29, 1.82) is 0 Å². The number of hydrogen-bond acceptors (Lipinski definition) is 4. The summed E-state index contributed by atoms with van der Waals surface area (Å²) >= 11 is 0. The van der Waals surface area contributed by atoms with Crippen molar-refractivity contribution >= 4 is 17.6 Å². The lowest BCUT2D eigenvalue weighted by atomic mass is 10.1. The Morgan fingerprint density at radius 1 is 1.40 bits per heavy atom. The number of aryl methyl sites for hydroxylation is 2. The number of aliphatic carboxylic acids is 1. The Kier molecular flexibility index (Phi) is 3.74. The number of nitrogens with zero attached hydrogens (tertiary/aromatic N) is 1. The Bertz CT molecular complexity index is 596. The SMILES string of the molecule is Cc1cc(NC2C=CC(C(=O)O)C2)c(C(N)=O)c(C)n1. The maximum Gasteiger partial charge on any atom is 0.310 e. The molecule has 0 spiro atoms. The number of hydrogen-bond donors (Lipinski definition) is 3. The molecule has 0 saturated heterocycles. The minimum absolute atomic E-state index is 0.129. The summed E-state index contributed by atoms with van der Waals surface area (Å²) in [6.07, 6.45) is 3.91. The summed E-state index contributed by atoms with van der Waals surface area (Å²) < 4.78 is 0. The number of carboxylic acids is 1. The van der Waals surface area contributed by atoms with Gasteiger partial charge in [0.2, 0.25) is 0 Å². The zero-order chi connectivity index (χ0) is 14.9. The van der Waals surface area contributed by atoms with E-state index in [1.807, 2.05) is 6.92 Å². The highest BCUT2D eigenvalue weighted by Crippen LogP contribution is 2.25. The molecule has 1 aromatic rings. The molecule has 6 heteroatoms. The summed E-state index contributed by atoms with van der Waals surface area (Å²) in [7, 11) is 0. The van der Waals surface area contributed by atoms with E-state index >= 15 is 0 Å². The van der Waals surface area contributed by atoms with Gasteiger partial charge >= 0.3 is 5.97 Å². The predicted octanol–water partition coefficient (Wildman–Crippen LogP) is 1.24. The highest BCUT2D eigenvalue weighted by atomic mass is 16.4. The Morgan fingerprint density at radius 2 is 2.10 bits per heavy atom. The van der Waals surface area contributed by atoms with Gasteiger partial charge in [0, 0.05) is 11.7 Å². The van der Waals surface area contributed by atoms with E-state index in [0.29, 0.717) is 23.4 Å². The summed E-state index contributed by atoms with van der Waals surface area (Å²) in [5, 5.41) is 12.1. The number of carbonyl (C=O) groups excluding carboxylic acids is 1. The van der Waals surface area contributed by atoms with Crippen LogP contribution in [0.25, 0.3) is 0 Å². The Labute approximate surface area is 116 Å². The first-order chi connectivity index (χ1) is 9.38. The Hall–Kier alpha value is -2.37. The number of amides is 1. The maximum atomic E-state index is 11.5. The average Bonchev–Trinajstić information content (AvgIpc) is 2.75. The van der Waals surface area contributed by atoms with Crippen molar-refractivity contribution in [2.24, 2.45) is 11.7 Å². The van der Waals surface area contributed by atoms with Gasteiger partial charge in [-0.25, -0.2) is 0 Å². The zero-order valence-corrected chi connectivity index (χ0v) is 11.4. The van der Waals surface area contributed by atoms with Gasteiger partial charge < -0.3 is 16.2 Å². The second kappa shape index (κ2) is 5.32. The molecule has 4 N–H and O–H groups in total. The number of rotatable bonds is 4. The third-order valence-corrected chi connectivity index (χ3v) is 3.32. The zero-order valence-electron chi connectivity index (χ0n) is 11.4. The average molecular weight is 275 g/mol. The molecule has 6 nitrogen and oxygen atoms in total. The van der Waals surface area contributed by atoms with E-state index in [1.165, 1.54) is 0 Å². The van der Waals surface area contributed by atoms with Crippen LogP contribution in [0.4, 0.5) is 5.69 Å². The van der Waals surface area contributed by atoms with Crippen LogP contribution < -0.4 is 11.1 Å². The molecular weight excluding hydrogens is 258 g/mol. The first-order valence-corrected chi connectivity index (χ1v) is 6.34. The van der Waals surface area contributed by atoms with E-state index in [2.05, 4.69) is 10.3 Å². The number of carbonyl (C=O) groups is 2. The molecule has 0 bridgehead atoms. The van der Waals surface area contributed by atoms with Crippen molar-refractivity contribution in [3.63, 3.8) is 0 Å². The van der Waals surface area contributed by atoms with Crippen LogP contribution >= 0.6 is 0 Å². The second-order valence-corrected chi connectivity index (χ2v) is 4.95. The van der Waals surface area contributed by atoms with Gasteiger partial charge in [0.1, 0.15) is 0 Å². The molecule has 0 aliphatic heterocycles.